The highest BCUT2D eigenvalue weighted by atomic mass is 127. The second kappa shape index (κ2) is 9.23. The second-order valence-corrected chi connectivity index (χ2v) is 6.84. The van der Waals surface area contributed by atoms with E-state index < -0.39 is 37.1 Å². The molecule has 0 aliphatic rings. The third-order valence-electron chi connectivity index (χ3n) is 3.70. The number of halogens is 3. The van der Waals surface area contributed by atoms with Crippen LogP contribution >= 0.6 is 22.6 Å². The molecule has 0 fully saturated rings. The molecule has 0 aliphatic carbocycles. The zero-order valence-corrected chi connectivity index (χ0v) is 15.7. The van der Waals surface area contributed by atoms with E-state index in [1.807, 2.05) is 28.7 Å². The average molecular weight is 475 g/mol. The number of rotatable bonds is 7. The molecule has 0 bridgehead atoms. The molecule has 2 rings (SSSR count). The largest absolute Gasteiger partial charge is 0.489 e. The van der Waals surface area contributed by atoms with Gasteiger partial charge in [0.1, 0.15) is 42.3 Å². The summed E-state index contributed by atoms with van der Waals surface area (Å²) in [5.41, 5.74) is 0.545. The Kier molecular flexibility index (Phi) is 7.28. The number of aliphatic hydroxyl groups is 3. The van der Waals surface area contributed by atoms with Gasteiger partial charge in [-0.15, -0.1) is 0 Å². The van der Waals surface area contributed by atoms with E-state index in [0.29, 0.717) is 9.13 Å². The van der Waals surface area contributed by atoms with E-state index in [2.05, 4.69) is 0 Å². The van der Waals surface area contributed by atoms with Crippen molar-refractivity contribution in [3.63, 3.8) is 0 Å². The first-order valence-corrected chi connectivity index (χ1v) is 8.69. The number of hydrogen-bond donors (Lipinski definition) is 3. The van der Waals surface area contributed by atoms with Crippen molar-refractivity contribution in [2.75, 3.05) is 13.2 Å². The number of aliphatic hydroxyl groups excluding tert-OH is 3. The zero-order chi connectivity index (χ0) is 19.3. The fraction of sp³-hybridized carbons (Fsp3) is 0.278. The van der Waals surface area contributed by atoms with Crippen molar-refractivity contribution in [2.45, 2.75) is 18.6 Å². The maximum absolute atomic E-state index is 14.1. The molecule has 2 aromatic rings. The van der Waals surface area contributed by atoms with Crippen LogP contribution < -0.4 is 4.74 Å². The van der Waals surface area contributed by atoms with Crippen molar-refractivity contribution in [1.82, 2.24) is 0 Å². The molecule has 2 atom stereocenters. The van der Waals surface area contributed by atoms with Gasteiger partial charge >= 0.3 is 0 Å². The topological polar surface area (TPSA) is 93.7 Å². The number of nitrogens with zero attached hydrogens (tertiary/aromatic N) is 1. The predicted octanol–water partition coefficient (Wildman–Crippen LogP) is 2.12. The average Bonchev–Trinajstić information content (AvgIpc) is 2.61. The summed E-state index contributed by atoms with van der Waals surface area (Å²) in [6.07, 6.45) is -2.84. The molecule has 5 nitrogen and oxygen atoms in total. The molecule has 8 heteroatoms. The van der Waals surface area contributed by atoms with Gasteiger partial charge in [0.15, 0.2) is 0 Å². The Morgan fingerprint density at radius 2 is 1.85 bits per heavy atom. The molecule has 0 spiro atoms. The predicted molar refractivity (Wildman–Crippen MR) is 97.6 cm³/mol. The van der Waals surface area contributed by atoms with E-state index in [9.17, 15) is 24.3 Å². The van der Waals surface area contributed by atoms with Gasteiger partial charge in [0.25, 0.3) is 0 Å². The molecule has 0 aliphatic heterocycles. The minimum Gasteiger partial charge on any atom is -0.489 e. The Bertz CT molecular complexity index is 826. The Morgan fingerprint density at radius 1 is 1.12 bits per heavy atom. The van der Waals surface area contributed by atoms with E-state index in [1.54, 1.807) is 12.1 Å². The quantitative estimate of drug-likeness (QED) is 0.534. The Labute approximate surface area is 162 Å². The lowest BCUT2D eigenvalue weighted by Crippen LogP contribution is -2.34. The maximum Gasteiger partial charge on any atom is 0.140 e. The molecule has 138 valence electrons. The Morgan fingerprint density at radius 3 is 2.46 bits per heavy atom. The number of benzene rings is 2. The number of ether oxygens (including phenoxy) is 1. The number of nitriles is 1. The number of hydrogen-bond acceptors (Lipinski definition) is 5. The van der Waals surface area contributed by atoms with Gasteiger partial charge in [-0.25, -0.2) is 8.78 Å². The molecule has 0 aromatic heterocycles. The van der Waals surface area contributed by atoms with Crippen molar-refractivity contribution in [3.05, 3.63) is 62.2 Å². The van der Waals surface area contributed by atoms with E-state index in [4.69, 9.17) is 9.84 Å². The SMILES string of the molecule is N#Cc1c(Cc2ccc(I)cc2F)cc(F)cc1OC[C@H](O)[C@@H](O)CO. The summed E-state index contributed by atoms with van der Waals surface area (Å²) in [5.74, 6) is -1.27. The van der Waals surface area contributed by atoms with Gasteiger partial charge < -0.3 is 20.1 Å². The van der Waals surface area contributed by atoms with Gasteiger partial charge in [-0.3, -0.25) is 0 Å². The van der Waals surface area contributed by atoms with E-state index in [1.165, 1.54) is 6.07 Å². The molecule has 0 amide bonds. The highest BCUT2D eigenvalue weighted by Crippen LogP contribution is 2.27. The first-order valence-electron chi connectivity index (χ1n) is 7.62. The van der Waals surface area contributed by atoms with Crippen LogP contribution in [0.25, 0.3) is 0 Å². The first kappa shape index (κ1) is 20.5. The van der Waals surface area contributed by atoms with E-state index in [0.717, 1.165) is 12.1 Å². The lowest BCUT2D eigenvalue weighted by atomic mass is 9.99. The van der Waals surface area contributed by atoms with Crippen LogP contribution in [0.1, 0.15) is 16.7 Å². The zero-order valence-electron chi connectivity index (χ0n) is 13.5. The van der Waals surface area contributed by atoms with Crippen LogP contribution in [0.2, 0.25) is 0 Å². The van der Waals surface area contributed by atoms with Crippen LogP contribution in [0.3, 0.4) is 0 Å². The summed E-state index contributed by atoms with van der Waals surface area (Å²) in [6.45, 7) is -1.12. The monoisotopic (exact) mass is 475 g/mol. The highest BCUT2D eigenvalue weighted by molar-refractivity contribution is 14.1. The van der Waals surface area contributed by atoms with Crippen molar-refractivity contribution in [1.29, 1.82) is 5.26 Å². The summed E-state index contributed by atoms with van der Waals surface area (Å²) in [4.78, 5) is 0. The van der Waals surface area contributed by atoms with Crippen LogP contribution in [0, 0.1) is 26.5 Å². The van der Waals surface area contributed by atoms with Crippen LogP contribution in [0.4, 0.5) is 8.78 Å². The normalized spacial score (nSPS) is 13.1. The standard InChI is InChI=1S/C18H16F2INO4/c19-12-4-11(3-10-1-2-13(21)6-15(10)20)14(7-22)18(5-12)26-9-17(25)16(24)8-23/h1-2,4-6,16-17,23-25H,3,8-9H2/t16-,17-/m0/s1. The summed E-state index contributed by atoms with van der Waals surface area (Å²) < 4.78 is 33.9. The smallest absolute Gasteiger partial charge is 0.140 e. The molecular formula is C18H16F2INO4. The van der Waals surface area contributed by atoms with Crippen LogP contribution in [0.5, 0.6) is 5.75 Å². The first-order chi connectivity index (χ1) is 12.3. The van der Waals surface area contributed by atoms with Crippen LogP contribution in [0.15, 0.2) is 30.3 Å². The van der Waals surface area contributed by atoms with Crippen LogP contribution in [-0.4, -0.2) is 40.7 Å². The van der Waals surface area contributed by atoms with Crippen LogP contribution in [-0.2, 0) is 6.42 Å². The highest BCUT2D eigenvalue weighted by Gasteiger charge is 2.19. The molecule has 0 radical (unpaired) electrons. The van der Waals surface area contributed by atoms with Crippen molar-refractivity contribution >= 4 is 22.6 Å². The lowest BCUT2D eigenvalue weighted by molar-refractivity contribution is -0.0340. The fourth-order valence-corrected chi connectivity index (χ4v) is 2.75. The third-order valence-corrected chi connectivity index (χ3v) is 4.37. The summed E-state index contributed by atoms with van der Waals surface area (Å²) in [5, 5.41) is 37.1. The molecule has 2 aromatic carbocycles. The molecular weight excluding hydrogens is 459 g/mol. The molecule has 26 heavy (non-hydrogen) atoms. The summed E-state index contributed by atoms with van der Waals surface area (Å²) in [6, 6.07) is 8.61. The van der Waals surface area contributed by atoms with Gasteiger partial charge in [0.2, 0.25) is 0 Å². The molecule has 0 heterocycles. The van der Waals surface area contributed by atoms with Crippen molar-refractivity contribution < 1.29 is 28.8 Å². The van der Waals surface area contributed by atoms with Crippen molar-refractivity contribution in [3.8, 4) is 11.8 Å². The molecule has 0 saturated heterocycles. The fourth-order valence-electron chi connectivity index (χ4n) is 2.29. The molecule has 0 saturated carbocycles. The Hall–Kier alpha value is -1.80. The summed E-state index contributed by atoms with van der Waals surface area (Å²) >= 11 is 1.97. The minimum absolute atomic E-state index is 0.00929. The summed E-state index contributed by atoms with van der Waals surface area (Å²) in [7, 11) is 0. The van der Waals surface area contributed by atoms with Gasteiger partial charge in [0.05, 0.1) is 12.2 Å². The molecule has 3 N–H and O–H groups in total. The Balaban J connectivity index is 2.30. The van der Waals surface area contributed by atoms with Gasteiger partial charge in [-0.1, -0.05) is 6.07 Å². The maximum atomic E-state index is 14.1. The second-order valence-electron chi connectivity index (χ2n) is 5.59. The lowest BCUT2D eigenvalue weighted by Gasteiger charge is -2.18. The third kappa shape index (κ3) is 5.11. The van der Waals surface area contributed by atoms with E-state index >= 15 is 0 Å². The van der Waals surface area contributed by atoms with Gasteiger partial charge in [-0.05, 0) is 51.9 Å². The van der Waals surface area contributed by atoms with Crippen molar-refractivity contribution in [2.24, 2.45) is 0 Å². The van der Waals surface area contributed by atoms with E-state index in [-0.39, 0.29) is 23.3 Å². The van der Waals surface area contributed by atoms with Gasteiger partial charge in [-0.2, -0.15) is 5.26 Å². The van der Waals surface area contributed by atoms with Gasteiger partial charge in [0, 0.05) is 16.1 Å². The molecule has 0 unspecified atom stereocenters. The minimum atomic E-state index is -1.42.